The summed E-state index contributed by atoms with van der Waals surface area (Å²) in [4.78, 5) is 4.31. The van der Waals surface area contributed by atoms with E-state index in [1.54, 1.807) is 6.20 Å². The summed E-state index contributed by atoms with van der Waals surface area (Å²) in [6.45, 7) is 3.76. The van der Waals surface area contributed by atoms with Gasteiger partial charge in [0.05, 0.1) is 6.61 Å². The molecule has 0 aromatic carbocycles. The van der Waals surface area contributed by atoms with Gasteiger partial charge in [0, 0.05) is 18.1 Å². The van der Waals surface area contributed by atoms with Crippen LogP contribution in [0.15, 0.2) is 18.3 Å². The fraction of sp³-hybridized carbons (Fsp3) is 0.615. The van der Waals surface area contributed by atoms with Crippen LogP contribution in [0.1, 0.15) is 26.2 Å². The molecule has 1 aliphatic rings. The SMILES string of the molecule is CCCOc1cccnc1NCC1CC(Cl)C1. The molecule has 0 radical (unpaired) electrons. The van der Waals surface area contributed by atoms with Crippen molar-refractivity contribution < 1.29 is 4.74 Å². The van der Waals surface area contributed by atoms with Crippen LogP contribution in [0.2, 0.25) is 0 Å². The van der Waals surface area contributed by atoms with Crippen LogP contribution in [0.4, 0.5) is 5.82 Å². The van der Waals surface area contributed by atoms with E-state index in [4.69, 9.17) is 16.3 Å². The standard InChI is InChI=1S/C13H19ClN2O/c1-2-6-17-12-4-3-5-15-13(12)16-9-10-7-11(14)8-10/h3-5,10-11H,2,6-9H2,1H3,(H,15,16). The molecule has 0 bridgehead atoms. The molecule has 1 heterocycles. The average molecular weight is 255 g/mol. The number of halogens is 1. The van der Waals surface area contributed by atoms with Crippen molar-refractivity contribution in [2.45, 2.75) is 31.6 Å². The second-order valence-electron chi connectivity index (χ2n) is 4.51. The zero-order valence-corrected chi connectivity index (χ0v) is 10.9. The number of anilines is 1. The number of nitrogens with zero attached hydrogens (tertiary/aromatic N) is 1. The molecule has 1 saturated carbocycles. The molecule has 4 heteroatoms. The molecule has 94 valence electrons. The quantitative estimate of drug-likeness (QED) is 0.791. The minimum atomic E-state index is 0.376. The number of pyridine rings is 1. The van der Waals surface area contributed by atoms with E-state index in [9.17, 15) is 0 Å². The van der Waals surface area contributed by atoms with Crippen molar-refractivity contribution in [3.05, 3.63) is 18.3 Å². The Hall–Kier alpha value is -0.960. The van der Waals surface area contributed by atoms with Crippen LogP contribution in [0.3, 0.4) is 0 Å². The molecule has 1 N–H and O–H groups in total. The zero-order valence-electron chi connectivity index (χ0n) is 10.2. The first kappa shape index (κ1) is 12.5. The molecule has 1 aliphatic carbocycles. The lowest BCUT2D eigenvalue weighted by Crippen LogP contribution is -2.30. The first-order valence-corrected chi connectivity index (χ1v) is 6.69. The molecule has 0 amide bonds. The summed E-state index contributed by atoms with van der Waals surface area (Å²) >= 11 is 5.96. The largest absolute Gasteiger partial charge is 0.490 e. The number of nitrogens with one attached hydrogen (secondary N) is 1. The Bertz CT molecular complexity index is 353. The average Bonchev–Trinajstić information content (AvgIpc) is 2.31. The minimum Gasteiger partial charge on any atom is -0.490 e. The first-order valence-electron chi connectivity index (χ1n) is 6.25. The Morgan fingerprint density at radius 2 is 2.35 bits per heavy atom. The highest BCUT2D eigenvalue weighted by atomic mass is 35.5. The van der Waals surface area contributed by atoms with Crippen LogP contribution in [0.5, 0.6) is 5.75 Å². The van der Waals surface area contributed by atoms with Crippen molar-refractivity contribution >= 4 is 17.4 Å². The van der Waals surface area contributed by atoms with Crippen molar-refractivity contribution in [3.8, 4) is 5.75 Å². The summed E-state index contributed by atoms with van der Waals surface area (Å²) in [5, 5.41) is 3.73. The molecule has 2 rings (SSSR count). The number of alkyl halides is 1. The number of hydrogen-bond donors (Lipinski definition) is 1. The van der Waals surface area contributed by atoms with Crippen LogP contribution in [-0.4, -0.2) is 23.5 Å². The highest BCUT2D eigenvalue weighted by Gasteiger charge is 2.26. The van der Waals surface area contributed by atoms with Crippen molar-refractivity contribution in [2.24, 2.45) is 5.92 Å². The fourth-order valence-corrected chi connectivity index (χ4v) is 2.42. The lowest BCUT2D eigenvalue weighted by Gasteiger charge is -2.31. The number of rotatable bonds is 6. The molecule has 3 nitrogen and oxygen atoms in total. The molecule has 0 aliphatic heterocycles. The normalized spacial score (nSPS) is 22.9. The summed E-state index contributed by atoms with van der Waals surface area (Å²) in [5.41, 5.74) is 0. The maximum absolute atomic E-state index is 5.96. The third-order valence-electron chi connectivity index (χ3n) is 2.97. The van der Waals surface area contributed by atoms with Crippen molar-refractivity contribution in [1.29, 1.82) is 0 Å². The molecule has 1 aromatic rings. The van der Waals surface area contributed by atoms with Gasteiger partial charge < -0.3 is 10.1 Å². The van der Waals surface area contributed by atoms with E-state index < -0.39 is 0 Å². The van der Waals surface area contributed by atoms with Gasteiger partial charge in [-0.1, -0.05) is 6.92 Å². The van der Waals surface area contributed by atoms with Gasteiger partial charge in [-0.05, 0) is 37.3 Å². The van der Waals surface area contributed by atoms with Crippen molar-refractivity contribution in [3.63, 3.8) is 0 Å². The van der Waals surface area contributed by atoms with Crippen LogP contribution < -0.4 is 10.1 Å². The molecular formula is C13H19ClN2O. The Morgan fingerprint density at radius 1 is 1.53 bits per heavy atom. The maximum atomic E-state index is 5.96. The van der Waals surface area contributed by atoms with Gasteiger partial charge in [-0.2, -0.15) is 0 Å². The summed E-state index contributed by atoms with van der Waals surface area (Å²) in [7, 11) is 0. The number of aromatic nitrogens is 1. The van der Waals surface area contributed by atoms with Gasteiger partial charge in [0.25, 0.3) is 0 Å². The molecule has 17 heavy (non-hydrogen) atoms. The Kier molecular flexibility index (Phi) is 4.49. The van der Waals surface area contributed by atoms with E-state index in [-0.39, 0.29) is 0 Å². The summed E-state index contributed by atoms with van der Waals surface area (Å²) in [6, 6.07) is 3.85. The molecular weight excluding hydrogens is 236 g/mol. The summed E-state index contributed by atoms with van der Waals surface area (Å²) < 4.78 is 5.64. The minimum absolute atomic E-state index is 0.376. The van der Waals surface area contributed by atoms with Gasteiger partial charge in [0.15, 0.2) is 11.6 Å². The van der Waals surface area contributed by atoms with Gasteiger partial charge >= 0.3 is 0 Å². The first-order chi connectivity index (χ1) is 8.29. The molecule has 1 aromatic heterocycles. The Balaban J connectivity index is 1.85. The summed E-state index contributed by atoms with van der Waals surface area (Å²) in [6.07, 6.45) is 5.00. The van der Waals surface area contributed by atoms with E-state index >= 15 is 0 Å². The third-order valence-corrected chi connectivity index (χ3v) is 3.33. The maximum Gasteiger partial charge on any atom is 0.168 e. The van der Waals surface area contributed by atoms with Gasteiger partial charge in [-0.3, -0.25) is 0 Å². The van der Waals surface area contributed by atoms with Crippen molar-refractivity contribution in [1.82, 2.24) is 4.98 Å². The van der Waals surface area contributed by atoms with E-state index in [0.717, 1.165) is 44.0 Å². The molecule has 1 fully saturated rings. The molecule has 0 spiro atoms. The van der Waals surface area contributed by atoms with E-state index in [0.29, 0.717) is 11.3 Å². The fourth-order valence-electron chi connectivity index (χ4n) is 1.91. The van der Waals surface area contributed by atoms with Crippen LogP contribution in [0, 0.1) is 5.92 Å². The molecule has 0 saturated heterocycles. The van der Waals surface area contributed by atoms with E-state index in [1.807, 2.05) is 12.1 Å². The number of ether oxygens (including phenoxy) is 1. The lowest BCUT2D eigenvalue weighted by atomic mass is 9.85. The van der Waals surface area contributed by atoms with E-state index in [2.05, 4.69) is 17.2 Å². The Morgan fingerprint density at radius 3 is 3.06 bits per heavy atom. The van der Waals surface area contributed by atoms with Crippen LogP contribution >= 0.6 is 11.6 Å². The number of hydrogen-bond acceptors (Lipinski definition) is 3. The smallest absolute Gasteiger partial charge is 0.168 e. The highest BCUT2D eigenvalue weighted by molar-refractivity contribution is 6.21. The summed E-state index contributed by atoms with van der Waals surface area (Å²) in [5.74, 6) is 2.37. The second-order valence-corrected chi connectivity index (χ2v) is 5.13. The van der Waals surface area contributed by atoms with Gasteiger partial charge in [-0.15, -0.1) is 11.6 Å². The molecule has 0 atom stereocenters. The van der Waals surface area contributed by atoms with Gasteiger partial charge in [0.1, 0.15) is 0 Å². The van der Waals surface area contributed by atoms with Crippen LogP contribution in [-0.2, 0) is 0 Å². The zero-order chi connectivity index (χ0) is 12.1. The predicted octanol–water partition coefficient (Wildman–Crippen LogP) is 3.30. The Labute approximate surface area is 108 Å². The third kappa shape index (κ3) is 3.50. The predicted molar refractivity (Wildman–Crippen MR) is 70.9 cm³/mol. The lowest BCUT2D eigenvalue weighted by molar-refractivity contribution is 0.315. The van der Waals surface area contributed by atoms with Gasteiger partial charge in [-0.25, -0.2) is 4.98 Å². The highest BCUT2D eigenvalue weighted by Crippen LogP contribution is 2.32. The second kappa shape index (κ2) is 6.10. The van der Waals surface area contributed by atoms with Crippen LogP contribution in [0.25, 0.3) is 0 Å². The van der Waals surface area contributed by atoms with Gasteiger partial charge in [0.2, 0.25) is 0 Å². The van der Waals surface area contributed by atoms with Crippen molar-refractivity contribution in [2.75, 3.05) is 18.5 Å². The monoisotopic (exact) mass is 254 g/mol. The molecule has 0 unspecified atom stereocenters. The topological polar surface area (TPSA) is 34.1 Å². The van der Waals surface area contributed by atoms with E-state index in [1.165, 1.54) is 0 Å².